The van der Waals surface area contributed by atoms with Crippen molar-refractivity contribution >= 4 is 0 Å². The summed E-state index contributed by atoms with van der Waals surface area (Å²) < 4.78 is 0. The zero-order valence-electron chi connectivity index (χ0n) is 6.96. The lowest BCUT2D eigenvalue weighted by atomic mass is 10.0. The molecule has 1 heteroatoms. The molecule has 0 spiro atoms. The highest BCUT2D eigenvalue weighted by Gasteiger charge is 2.22. The second kappa shape index (κ2) is 2.98. The van der Waals surface area contributed by atoms with Crippen LogP contribution in [0.2, 0.25) is 0 Å². The Hall–Kier alpha value is -1.29. The Morgan fingerprint density at radius 2 is 2.08 bits per heavy atom. The Morgan fingerprint density at radius 1 is 1.33 bits per heavy atom. The molecular formula is C11H11N. The van der Waals surface area contributed by atoms with Crippen LogP contribution in [0, 0.1) is 17.2 Å². The summed E-state index contributed by atoms with van der Waals surface area (Å²) in [4.78, 5) is 0. The predicted octanol–water partition coefficient (Wildman–Crippen LogP) is 2.51. The number of hydrogen-bond donors (Lipinski definition) is 0. The van der Waals surface area contributed by atoms with E-state index in [-0.39, 0.29) is 0 Å². The Kier molecular flexibility index (Phi) is 1.83. The van der Waals surface area contributed by atoms with Gasteiger partial charge in [-0.05, 0) is 36.8 Å². The molecule has 0 unspecified atom stereocenters. The zero-order valence-corrected chi connectivity index (χ0v) is 6.96. The van der Waals surface area contributed by atoms with Crippen molar-refractivity contribution < 1.29 is 0 Å². The molecule has 0 heterocycles. The van der Waals surface area contributed by atoms with E-state index in [1.165, 1.54) is 18.4 Å². The molecule has 1 fully saturated rings. The highest BCUT2D eigenvalue weighted by atomic mass is 14.3. The molecule has 2 rings (SSSR count). The van der Waals surface area contributed by atoms with Gasteiger partial charge < -0.3 is 0 Å². The molecule has 60 valence electrons. The second-order valence-corrected chi connectivity index (χ2v) is 3.42. The van der Waals surface area contributed by atoms with Crippen molar-refractivity contribution in [3.05, 3.63) is 35.4 Å². The van der Waals surface area contributed by atoms with Crippen LogP contribution in [0.15, 0.2) is 24.3 Å². The Balaban J connectivity index is 2.22. The zero-order chi connectivity index (χ0) is 8.39. The van der Waals surface area contributed by atoms with Gasteiger partial charge in [-0.2, -0.15) is 5.26 Å². The molecule has 0 atom stereocenters. The van der Waals surface area contributed by atoms with Crippen LogP contribution in [-0.2, 0) is 6.42 Å². The van der Waals surface area contributed by atoms with Crippen molar-refractivity contribution in [2.24, 2.45) is 5.92 Å². The minimum absolute atomic E-state index is 0.851. The topological polar surface area (TPSA) is 23.8 Å². The largest absolute Gasteiger partial charge is 0.192 e. The lowest BCUT2D eigenvalue weighted by Crippen LogP contribution is -1.90. The minimum Gasteiger partial charge on any atom is -0.192 e. The molecule has 0 N–H and O–H groups in total. The van der Waals surface area contributed by atoms with Crippen LogP contribution >= 0.6 is 0 Å². The molecule has 0 aliphatic heterocycles. The summed E-state index contributed by atoms with van der Waals surface area (Å²) in [6.07, 6.45) is 3.79. The number of nitrogens with zero attached hydrogens (tertiary/aromatic N) is 1. The van der Waals surface area contributed by atoms with Gasteiger partial charge in [-0.15, -0.1) is 0 Å². The lowest BCUT2D eigenvalue weighted by molar-refractivity contribution is 0.830. The quantitative estimate of drug-likeness (QED) is 0.647. The van der Waals surface area contributed by atoms with E-state index in [4.69, 9.17) is 5.26 Å². The fourth-order valence-corrected chi connectivity index (χ4v) is 1.44. The smallest absolute Gasteiger partial charge is 0.0994 e. The number of benzene rings is 1. The summed E-state index contributed by atoms with van der Waals surface area (Å²) in [5.74, 6) is 0.861. The van der Waals surface area contributed by atoms with Crippen LogP contribution in [0.25, 0.3) is 0 Å². The number of nitriles is 1. The first-order valence-corrected chi connectivity index (χ1v) is 4.38. The van der Waals surface area contributed by atoms with Gasteiger partial charge in [0.2, 0.25) is 0 Å². The maximum Gasteiger partial charge on any atom is 0.0994 e. The maximum atomic E-state index is 8.80. The first-order valence-electron chi connectivity index (χ1n) is 4.38. The van der Waals surface area contributed by atoms with E-state index < -0.39 is 0 Å². The maximum absolute atomic E-state index is 8.80. The minimum atomic E-state index is 0.851. The van der Waals surface area contributed by atoms with E-state index in [2.05, 4.69) is 12.1 Å². The molecule has 1 saturated carbocycles. The normalized spacial score (nSPS) is 15.6. The van der Waals surface area contributed by atoms with E-state index in [1.807, 2.05) is 18.2 Å². The molecule has 1 aliphatic rings. The van der Waals surface area contributed by atoms with Gasteiger partial charge >= 0.3 is 0 Å². The van der Waals surface area contributed by atoms with Crippen LogP contribution in [0.5, 0.6) is 0 Å². The van der Waals surface area contributed by atoms with Gasteiger partial charge in [-0.1, -0.05) is 18.2 Å². The summed E-state index contributed by atoms with van der Waals surface area (Å²) in [5, 5.41) is 8.80. The van der Waals surface area contributed by atoms with Gasteiger partial charge in [-0.3, -0.25) is 0 Å². The van der Waals surface area contributed by atoms with E-state index in [9.17, 15) is 0 Å². The molecule has 1 nitrogen and oxygen atoms in total. The van der Waals surface area contributed by atoms with Crippen LogP contribution < -0.4 is 0 Å². The highest BCUT2D eigenvalue weighted by molar-refractivity contribution is 5.37. The molecular weight excluding hydrogens is 146 g/mol. The fourth-order valence-electron chi connectivity index (χ4n) is 1.44. The Bertz CT molecular complexity index is 318. The summed E-state index contributed by atoms with van der Waals surface area (Å²) in [6.45, 7) is 0. The van der Waals surface area contributed by atoms with Crippen LogP contribution in [0.1, 0.15) is 24.0 Å². The van der Waals surface area contributed by atoms with Gasteiger partial charge in [0.25, 0.3) is 0 Å². The Labute approximate surface area is 72.6 Å². The molecule has 1 aliphatic carbocycles. The van der Waals surface area contributed by atoms with Gasteiger partial charge in [0.05, 0.1) is 11.6 Å². The fraction of sp³-hybridized carbons (Fsp3) is 0.364. The molecule has 0 saturated heterocycles. The molecule has 0 aromatic heterocycles. The first-order chi connectivity index (χ1) is 5.90. The molecule has 1 aromatic rings. The van der Waals surface area contributed by atoms with E-state index in [0.29, 0.717) is 0 Å². The Morgan fingerprint density at radius 3 is 2.75 bits per heavy atom. The highest BCUT2D eigenvalue weighted by Crippen LogP contribution is 2.33. The first kappa shape index (κ1) is 7.36. The second-order valence-electron chi connectivity index (χ2n) is 3.42. The summed E-state index contributed by atoms with van der Waals surface area (Å²) in [7, 11) is 0. The van der Waals surface area contributed by atoms with Crippen LogP contribution in [0.3, 0.4) is 0 Å². The van der Waals surface area contributed by atoms with Crippen molar-refractivity contribution in [1.82, 2.24) is 0 Å². The van der Waals surface area contributed by atoms with Crippen LogP contribution in [0.4, 0.5) is 0 Å². The van der Waals surface area contributed by atoms with Gasteiger partial charge in [-0.25, -0.2) is 0 Å². The van der Waals surface area contributed by atoms with Gasteiger partial charge in [0, 0.05) is 0 Å². The van der Waals surface area contributed by atoms with Crippen LogP contribution in [-0.4, -0.2) is 0 Å². The summed E-state index contributed by atoms with van der Waals surface area (Å²) in [5.41, 5.74) is 2.08. The molecule has 0 amide bonds. The molecule has 12 heavy (non-hydrogen) atoms. The van der Waals surface area contributed by atoms with Crippen molar-refractivity contribution in [2.45, 2.75) is 19.3 Å². The van der Waals surface area contributed by atoms with Gasteiger partial charge in [0.15, 0.2) is 0 Å². The third kappa shape index (κ3) is 1.48. The average Bonchev–Trinajstić information content (AvgIpc) is 2.89. The van der Waals surface area contributed by atoms with Gasteiger partial charge in [0.1, 0.15) is 0 Å². The van der Waals surface area contributed by atoms with E-state index >= 15 is 0 Å². The van der Waals surface area contributed by atoms with Crippen molar-refractivity contribution in [3.8, 4) is 6.07 Å². The monoisotopic (exact) mass is 157 g/mol. The molecule has 0 bridgehead atoms. The molecule has 0 radical (unpaired) electrons. The van der Waals surface area contributed by atoms with Crippen molar-refractivity contribution in [3.63, 3.8) is 0 Å². The standard InChI is InChI=1S/C11H11N/c12-8-11-4-2-1-3-10(11)7-9-5-6-9/h1-4,9H,5-7H2. The van der Waals surface area contributed by atoms with Crippen molar-refractivity contribution in [2.75, 3.05) is 0 Å². The van der Waals surface area contributed by atoms with Crippen molar-refractivity contribution in [1.29, 1.82) is 5.26 Å². The summed E-state index contributed by atoms with van der Waals surface area (Å²) in [6, 6.07) is 10.1. The summed E-state index contributed by atoms with van der Waals surface area (Å²) >= 11 is 0. The lowest BCUT2D eigenvalue weighted by Gasteiger charge is -2.00. The number of rotatable bonds is 2. The average molecular weight is 157 g/mol. The molecule has 1 aromatic carbocycles. The van der Waals surface area contributed by atoms with E-state index in [0.717, 1.165) is 17.9 Å². The van der Waals surface area contributed by atoms with E-state index in [1.54, 1.807) is 0 Å². The third-order valence-corrected chi connectivity index (χ3v) is 2.34. The number of hydrogen-bond acceptors (Lipinski definition) is 1. The predicted molar refractivity (Wildman–Crippen MR) is 47.6 cm³/mol. The SMILES string of the molecule is N#Cc1ccccc1CC1CC1. The third-order valence-electron chi connectivity index (χ3n) is 2.34.